The van der Waals surface area contributed by atoms with Gasteiger partial charge in [-0.2, -0.15) is 0 Å². The molecule has 0 bridgehead atoms. The molecule has 1 aliphatic carbocycles. The fraction of sp³-hybridized carbons (Fsp3) is 0.235. The van der Waals surface area contributed by atoms with Crippen LogP contribution >= 0.6 is 27.5 Å². The van der Waals surface area contributed by atoms with Crippen LogP contribution in [0.15, 0.2) is 34.9 Å². The van der Waals surface area contributed by atoms with Crippen LogP contribution in [0.1, 0.15) is 35.1 Å². The van der Waals surface area contributed by atoms with Crippen molar-refractivity contribution in [1.29, 1.82) is 0 Å². The molecule has 0 N–H and O–H groups in total. The molecule has 0 saturated carbocycles. The Labute approximate surface area is 132 Å². The summed E-state index contributed by atoms with van der Waals surface area (Å²) in [5.41, 5.74) is 5.16. The normalized spacial score (nSPS) is 14.5. The van der Waals surface area contributed by atoms with E-state index in [-0.39, 0.29) is 0 Å². The van der Waals surface area contributed by atoms with Crippen molar-refractivity contribution in [2.45, 2.75) is 25.7 Å². The molecule has 102 valence electrons. The molecule has 1 aliphatic rings. The average molecular weight is 349 g/mol. The quantitative estimate of drug-likeness (QED) is 0.649. The Kier molecular flexibility index (Phi) is 4.23. The summed E-state index contributed by atoms with van der Waals surface area (Å²) in [6, 6.07) is 8.71. The molecule has 3 rings (SSSR count). The molecule has 0 spiro atoms. The summed E-state index contributed by atoms with van der Waals surface area (Å²) in [5.74, 6) is 0. The maximum absolute atomic E-state index is 6.09. The number of aromatic nitrogens is 1. The lowest BCUT2D eigenvalue weighted by molar-refractivity contribution is 0.685. The van der Waals surface area contributed by atoms with Gasteiger partial charge in [-0.15, -0.1) is 0 Å². The summed E-state index contributed by atoms with van der Waals surface area (Å²) >= 11 is 9.51. The Morgan fingerprint density at radius 2 is 1.85 bits per heavy atom. The van der Waals surface area contributed by atoms with Gasteiger partial charge in [0.05, 0.1) is 0 Å². The summed E-state index contributed by atoms with van der Waals surface area (Å²) in [6.45, 7) is 0. The number of pyridine rings is 1. The lowest BCUT2D eigenvalue weighted by Crippen LogP contribution is -2.02. The first kappa shape index (κ1) is 13.8. The van der Waals surface area contributed by atoms with Crippen LogP contribution in [-0.4, -0.2) is 4.98 Å². The van der Waals surface area contributed by atoms with Crippen LogP contribution in [0.2, 0.25) is 5.15 Å². The van der Waals surface area contributed by atoms with E-state index in [1.807, 2.05) is 12.1 Å². The second-order valence-corrected chi connectivity index (χ2v) is 6.38. The summed E-state index contributed by atoms with van der Waals surface area (Å²) in [6.07, 6.45) is 10.9. The largest absolute Gasteiger partial charge is 0.243 e. The van der Waals surface area contributed by atoms with Gasteiger partial charge in [0, 0.05) is 16.2 Å². The highest BCUT2D eigenvalue weighted by molar-refractivity contribution is 9.10. The molecule has 20 heavy (non-hydrogen) atoms. The topological polar surface area (TPSA) is 12.9 Å². The summed E-state index contributed by atoms with van der Waals surface area (Å²) in [4.78, 5) is 4.13. The first-order valence-electron chi connectivity index (χ1n) is 6.83. The van der Waals surface area contributed by atoms with E-state index in [2.05, 4.69) is 45.2 Å². The van der Waals surface area contributed by atoms with Crippen molar-refractivity contribution in [1.82, 2.24) is 4.98 Å². The predicted octanol–water partition coefficient (Wildman–Crippen LogP) is 5.55. The molecule has 1 aromatic carbocycles. The zero-order chi connectivity index (χ0) is 13.9. The van der Waals surface area contributed by atoms with Crippen molar-refractivity contribution in [2.24, 2.45) is 0 Å². The highest BCUT2D eigenvalue weighted by Gasteiger charge is 2.08. The van der Waals surface area contributed by atoms with E-state index in [1.54, 1.807) is 6.20 Å². The number of nitrogens with zero attached hydrogens (tertiary/aromatic N) is 1. The number of hydrogen-bond donors (Lipinski definition) is 0. The lowest BCUT2D eigenvalue weighted by Gasteiger charge is -2.15. The number of rotatable bonds is 2. The first-order valence-corrected chi connectivity index (χ1v) is 8.00. The van der Waals surface area contributed by atoms with E-state index in [1.165, 1.54) is 42.4 Å². The van der Waals surface area contributed by atoms with Gasteiger partial charge in [0.2, 0.25) is 0 Å². The fourth-order valence-electron chi connectivity index (χ4n) is 2.60. The van der Waals surface area contributed by atoms with Crippen molar-refractivity contribution in [3.63, 3.8) is 0 Å². The van der Waals surface area contributed by atoms with Crippen LogP contribution in [0.25, 0.3) is 12.2 Å². The predicted molar refractivity (Wildman–Crippen MR) is 89.0 cm³/mol. The van der Waals surface area contributed by atoms with Crippen LogP contribution in [-0.2, 0) is 12.8 Å². The van der Waals surface area contributed by atoms with Crippen LogP contribution in [0.4, 0.5) is 0 Å². The molecule has 2 aromatic rings. The number of hydrogen-bond acceptors (Lipinski definition) is 1. The molecule has 1 heterocycles. The Balaban J connectivity index is 1.87. The van der Waals surface area contributed by atoms with Crippen molar-refractivity contribution in [3.8, 4) is 0 Å². The third-order valence-corrected chi connectivity index (χ3v) is 4.41. The number of benzene rings is 1. The van der Waals surface area contributed by atoms with Crippen LogP contribution in [0, 0.1) is 0 Å². The number of fused-ring (bicyclic) bond motifs is 1. The monoisotopic (exact) mass is 347 g/mol. The zero-order valence-electron chi connectivity index (χ0n) is 11.1. The summed E-state index contributed by atoms with van der Waals surface area (Å²) < 4.78 is 0.937. The molecule has 0 radical (unpaired) electrons. The highest BCUT2D eigenvalue weighted by Crippen LogP contribution is 2.24. The van der Waals surface area contributed by atoms with E-state index >= 15 is 0 Å². The standard InChI is InChI=1S/C17H15BrClN/c18-16-10-15(17(19)20-11-16)8-6-12-5-7-13-3-1-2-4-14(13)9-12/h5-11H,1-4H2/b8-6+. The molecule has 0 atom stereocenters. The minimum atomic E-state index is 0.530. The maximum atomic E-state index is 6.09. The highest BCUT2D eigenvalue weighted by atomic mass is 79.9. The molecule has 0 saturated heterocycles. The average Bonchev–Trinajstić information content (AvgIpc) is 2.48. The second-order valence-electron chi connectivity index (χ2n) is 5.10. The van der Waals surface area contributed by atoms with E-state index in [0.717, 1.165) is 10.0 Å². The first-order chi connectivity index (χ1) is 9.72. The lowest BCUT2D eigenvalue weighted by atomic mass is 9.90. The minimum absolute atomic E-state index is 0.530. The maximum Gasteiger partial charge on any atom is 0.136 e. The second kappa shape index (κ2) is 6.11. The van der Waals surface area contributed by atoms with Gasteiger partial charge in [-0.05, 0) is 64.4 Å². The molecule has 0 aliphatic heterocycles. The Morgan fingerprint density at radius 1 is 1.05 bits per heavy atom. The van der Waals surface area contributed by atoms with Crippen molar-refractivity contribution in [2.75, 3.05) is 0 Å². The molecular formula is C17H15BrClN. The molecule has 3 heteroatoms. The molecule has 0 unspecified atom stereocenters. The molecule has 1 aromatic heterocycles. The van der Waals surface area contributed by atoms with E-state index in [0.29, 0.717) is 5.15 Å². The van der Waals surface area contributed by atoms with Gasteiger partial charge in [0.15, 0.2) is 0 Å². The molecular weight excluding hydrogens is 334 g/mol. The van der Waals surface area contributed by atoms with Gasteiger partial charge < -0.3 is 0 Å². The SMILES string of the molecule is Clc1ncc(Br)cc1/C=C/c1ccc2c(c1)CCCC2. The van der Waals surface area contributed by atoms with E-state index in [9.17, 15) is 0 Å². The van der Waals surface area contributed by atoms with Crippen LogP contribution in [0.5, 0.6) is 0 Å². The summed E-state index contributed by atoms with van der Waals surface area (Å²) in [5, 5.41) is 0.530. The van der Waals surface area contributed by atoms with Gasteiger partial charge in [0.1, 0.15) is 5.15 Å². The number of aryl methyl sites for hydroxylation is 2. The smallest absolute Gasteiger partial charge is 0.136 e. The fourth-order valence-corrected chi connectivity index (χ4v) is 3.11. The third-order valence-electron chi connectivity index (χ3n) is 3.66. The van der Waals surface area contributed by atoms with Crippen molar-refractivity contribution >= 4 is 39.7 Å². The van der Waals surface area contributed by atoms with Gasteiger partial charge in [-0.3, -0.25) is 0 Å². The Morgan fingerprint density at radius 3 is 2.70 bits per heavy atom. The molecule has 0 fully saturated rings. The van der Waals surface area contributed by atoms with Gasteiger partial charge in [-0.25, -0.2) is 4.98 Å². The number of halogens is 2. The van der Waals surface area contributed by atoms with Crippen LogP contribution < -0.4 is 0 Å². The van der Waals surface area contributed by atoms with E-state index < -0.39 is 0 Å². The van der Waals surface area contributed by atoms with Gasteiger partial charge >= 0.3 is 0 Å². The molecule has 0 amide bonds. The zero-order valence-corrected chi connectivity index (χ0v) is 13.4. The van der Waals surface area contributed by atoms with Crippen molar-refractivity contribution < 1.29 is 0 Å². The summed E-state index contributed by atoms with van der Waals surface area (Å²) in [7, 11) is 0. The van der Waals surface area contributed by atoms with Crippen molar-refractivity contribution in [3.05, 3.63) is 62.3 Å². The Bertz CT molecular complexity index is 664. The van der Waals surface area contributed by atoms with Crippen LogP contribution in [0.3, 0.4) is 0 Å². The van der Waals surface area contributed by atoms with Gasteiger partial charge in [-0.1, -0.05) is 42.0 Å². The minimum Gasteiger partial charge on any atom is -0.243 e. The van der Waals surface area contributed by atoms with E-state index in [4.69, 9.17) is 11.6 Å². The third kappa shape index (κ3) is 3.13. The molecule has 1 nitrogen and oxygen atoms in total. The van der Waals surface area contributed by atoms with Gasteiger partial charge in [0.25, 0.3) is 0 Å². The Hall–Kier alpha value is -1.12.